The minimum atomic E-state index is -3.68. The molecule has 0 aliphatic heterocycles. The molecule has 1 aromatic rings. The van der Waals surface area contributed by atoms with E-state index in [2.05, 4.69) is 4.72 Å². The van der Waals surface area contributed by atoms with Crippen LogP contribution in [0.3, 0.4) is 0 Å². The van der Waals surface area contributed by atoms with Crippen molar-refractivity contribution in [1.29, 1.82) is 0 Å². The molecule has 0 aliphatic carbocycles. The number of sulfonamides is 1. The number of rotatable bonds is 5. The van der Waals surface area contributed by atoms with E-state index in [4.69, 9.17) is 28.9 Å². The second kappa shape index (κ2) is 6.41. The smallest absolute Gasteiger partial charge is 0.242 e. The monoisotopic (exact) mass is 324 g/mol. The average molecular weight is 325 g/mol. The van der Waals surface area contributed by atoms with E-state index in [1.165, 1.54) is 12.1 Å². The fourth-order valence-corrected chi connectivity index (χ4v) is 3.64. The van der Waals surface area contributed by atoms with Gasteiger partial charge in [-0.3, -0.25) is 0 Å². The number of halogens is 2. The molecule has 0 fully saturated rings. The van der Waals surface area contributed by atoms with E-state index in [1.807, 2.05) is 13.8 Å². The van der Waals surface area contributed by atoms with Crippen LogP contribution in [0.4, 0.5) is 0 Å². The Labute approximate surface area is 124 Å². The van der Waals surface area contributed by atoms with Gasteiger partial charge in [0.15, 0.2) is 0 Å². The molecule has 0 saturated carbocycles. The summed E-state index contributed by atoms with van der Waals surface area (Å²) in [6.45, 7) is 5.82. The van der Waals surface area contributed by atoms with Crippen molar-refractivity contribution in [2.24, 2.45) is 11.7 Å². The molecule has 1 atom stereocenters. The molecule has 108 valence electrons. The predicted molar refractivity (Wildman–Crippen MR) is 79.0 cm³/mol. The van der Waals surface area contributed by atoms with E-state index in [-0.39, 0.29) is 28.4 Å². The zero-order chi connectivity index (χ0) is 14.8. The van der Waals surface area contributed by atoms with Gasteiger partial charge in [0.05, 0.1) is 5.02 Å². The van der Waals surface area contributed by atoms with Crippen molar-refractivity contribution in [2.45, 2.75) is 38.3 Å². The van der Waals surface area contributed by atoms with E-state index in [0.29, 0.717) is 10.6 Å². The van der Waals surface area contributed by atoms with Crippen molar-refractivity contribution >= 4 is 33.2 Å². The molecule has 0 bridgehead atoms. The molecule has 0 radical (unpaired) electrons. The summed E-state index contributed by atoms with van der Waals surface area (Å²) in [4.78, 5) is 0.00603. The van der Waals surface area contributed by atoms with Crippen LogP contribution in [0.15, 0.2) is 17.0 Å². The standard InChI is InChI=1S/C12H18Cl2N2O2S/c1-7(2)8(3)16-19(17,18)12-4-9(6-15)10(13)5-11(12)14/h4-5,7-8,16H,6,15H2,1-3H3. The summed E-state index contributed by atoms with van der Waals surface area (Å²) >= 11 is 11.9. The fourth-order valence-electron chi connectivity index (χ4n) is 1.38. The molecule has 0 heterocycles. The van der Waals surface area contributed by atoms with E-state index >= 15 is 0 Å². The number of nitrogens with two attached hydrogens (primary N) is 1. The van der Waals surface area contributed by atoms with Gasteiger partial charge in [-0.1, -0.05) is 37.0 Å². The molecule has 0 saturated heterocycles. The van der Waals surface area contributed by atoms with Crippen molar-refractivity contribution in [3.8, 4) is 0 Å². The van der Waals surface area contributed by atoms with Gasteiger partial charge >= 0.3 is 0 Å². The van der Waals surface area contributed by atoms with Crippen LogP contribution in [0.2, 0.25) is 10.0 Å². The maximum Gasteiger partial charge on any atom is 0.242 e. The summed E-state index contributed by atoms with van der Waals surface area (Å²) in [6, 6.07) is 2.62. The zero-order valence-electron chi connectivity index (χ0n) is 11.1. The Balaban J connectivity index is 3.21. The highest BCUT2D eigenvalue weighted by Gasteiger charge is 2.23. The Morgan fingerprint density at radius 3 is 2.26 bits per heavy atom. The van der Waals surface area contributed by atoms with Crippen molar-refractivity contribution in [2.75, 3.05) is 0 Å². The Kier molecular flexibility index (Phi) is 5.65. The minimum Gasteiger partial charge on any atom is -0.326 e. The van der Waals surface area contributed by atoms with Crippen LogP contribution in [0.25, 0.3) is 0 Å². The third-order valence-electron chi connectivity index (χ3n) is 2.95. The van der Waals surface area contributed by atoms with Gasteiger partial charge in [0, 0.05) is 17.6 Å². The summed E-state index contributed by atoms with van der Waals surface area (Å²) in [5, 5.41) is 0.453. The Morgan fingerprint density at radius 2 is 1.79 bits per heavy atom. The van der Waals surface area contributed by atoms with Crippen LogP contribution >= 0.6 is 23.2 Å². The second-order valence-electron chi connectivity index (χ2n) is 4.73. The van der Waals surface area contributed by atoms with E-state index < -0.39 is 10.0 Å². The van der Waals surface area contributed by atoms with Crippen LogP contribution in [-0.2, 0) is 16.6 Å². The van der Waals surface area contributed by atoms with Crippen molar-refractivity contribution in [1.82, 2.24) is 4.72 Å². The summed E-state index contributed by atoms with van der Waals surface area (Å²) in [6.07, 6.45) is 0. The van der Waals surface area contributed by atoms with Crippen LogP contribution in [0.5, 0.6) is 0 Å². The summed E-state index contributed by atoms with van der Waals surface area (Å²) in [7, 11) is -3.68. The number of nitrogens with one attached hydrogen (secondary N) is 1. The zero-order valence-corrected chi connectivity index (χ0v) is 13.4. The molecule has 0 aliphatic rings. The maximum atomic E-state index is 12.3. The molecule has 19 heavy (non-hydrogen) atoms. The lowest BCUT2D eigenvalue weighted by Gasteiger charge is -2.18. The molecule has 0 aromatic heterocycles. The van der Waals surface area contributed by atoms with Gasteiger partial charge in [0.25, 0.3) is 0 Å². The average Bonchev–Trinajstić information content (AvgIpc) is 2.27. The van der Waals surface area contributed by atoms with Crippen molar-refractivity contribution in [3.05, 3.63) is 27.7 Å². The van der Waals surface area contributed by atoms with E-state index in [9.17, 15) is 8.42 Å². The maximum absolute atomic E-state index is 12.3. The van der Waals surface area contributed by atoms with E-state index in [0.717, 1.165) is 0 Å². The third-order valence-corrected chi connectivity index (χ3v) is 5.33. The predicted octanol–water partition coefficient (Wildman–Crippen LogP) is 2.77. The number of benzene rings is 1. The third kappa shape index (κ3) is 4.07. The van der Waals surface area contributed by atoms with Gasteiger partial charge in [0.2, 0.25) is 10.0 Å². The van der Waals surface area contributed by atoms with Gasteiger partial charge < -0.3 is 5.73 Å². The highest BCUT2D eigenvalue weighted by Crippen LogP contribution is 2.28. The van der Waals surface area contributed by atoms with Crippen LogP contribution in [-0.4, -0.2) is 14.5 Å². The fraction of sp³-hybridized carbons (Fsp3) is 0.500. The minimum absolute atomic E-state index is 0.00603. The molecule has 0 amide bonds. The Hall–Kier alpha value is -0.330. The highest BCUT2D eigenvalue weighted by atomic mass is 35.5. The lowest BCUT2D eigenvalue weighted by Crippen LogP contribution is -2.36. The first-order chi connectivity index (χ1) is 8.69. The van der Waals surface area contributed by atoms with Crippen LogP contribution < -0.4 is 10.5 Å². The first-order valence-electron chi connectivity index (χ1n) is 5.89. The van der Waals surface area contributed by atoms with Gasteiger partial charge in [0.1, 0.15) is 4.90 Å². The summed E-state index contributed by atoms with van der Waals surface area (Å²) < 4.78 is 27.1. The van der Waals surface area contributed by atoms with Crippen LogP contribution in [0, 0.1) is 5.92 Å². The molecule has 1 unspecified atom stereocenters. The van der Waals surface area contributed by atoms with Crippen molar-refractivity contribution in [3.63, 3.8) is 0 Å². The second-order valence-corrected chi connectivity index (χ2v) is 7.23. The normalized spacial score (nSPS) is 13.8. The molecule has 1 rings (SSSR count). The van der Waals surface area contributed by atoms with Gasteiger partial charge in [-0.15, -0.1) is 0 Å². The molecule has 4 nitrogen and oxygen atoms in total. The Morgan fingerprint density at radius 1 is 1.21 bits per heavy atom. The lowest BCUT2D eigenvalue weighted by molar-refractivity contribution is 0.476. The summed E-state index contributed by atoms with van der Waals surface area (Å²) in [5.74, 6) is 0.176. The summed E-state index contributed by atoms with van der Waals surface area (Å²) in [5.41, 5.74) is 6.06. The van der Waals surface area contributed by atoms with Crippen LogP contribution in [0.1, 0.15) is 26.3 Å². The SMILES string of the molecule is CC(C)C(C)NS(=O)(=O)c1cc(CN)c(Cl)cc1Cl. The number of hydrogen-bond donors (Lipinski definition) is 2. The van der Waals surface area contributed by atoms with Crippen molar-refractivity contribution < 1.29 is 8.42 Å². The van der Waals surface area contributed by atoms with Gasteiger partial charge in [-0.25, -0.2) is 13.1 Å². The number of hydrogen-bond acceptors (Lipinski definition) is 3. The molecule has 7 heteroatoms. The molecule has 1 aromatic carbocycles. The molecule has 3 N–H and O–H groups in total. The lowest BCUT2D eigenvalue weighted by atomic mass is 10.1. The highest BCUT2D eigenvalue weighted by molar-refractivity contribution is 7.89. The topological polar surface area (TPSA) is 72.2 Å². The van der Waals surface area contributed by atoms with Gasteiger partial charge in [-0.2, -0.15) is 0 Å². The van der Waals surface area contributed by atoms with Gasteiger partial charge in [-0.05, 0) is 30.5 Å². The Bertz CT molecular complexity index is 559. The largest absolute Gasteiger partial charge is 0.326 e. The molecule has 0 spiro atoms. The molecular formula is C12H18Cl2N2O2S. The van der Waals surface area contributed by atoms with E-state index in [1.54, 1.807) is 6.92 Å². The quantitative estimate of drug-likeness (QED) is 0.874. The first-order valence-corrected chi connectivity index (χ1v) is 8.13. The molecular weight excluding hydrogens is 307 g/mol. The first kappa shape index (κ1) is 16.7.